The maximum Gasteiger partial charge on any atom is 0.131 e. The van der Waals surface area contributed by atoms with E-state index in [1.165, 1.54) is 5.56 Å². The van der Waals surface area contributed by atoms with Crippen LogP contribution in [0.1, 0.15) is 36.2 Å². The zero-order chi connectivity index (χ0) is 13.7. The summed E-state index contributed by atoms with van der Waals surface area (Å²) in [6.45, 7) is 4.78. The van der Waals surface area contributed by atoms with Gasteiger partial charge in [-0.15, -0.1) is 11.3 Å². The summed E-state index contributed by atoms with van der Waals surface area (Å²) in [4.78, 5) is 4.50. The predicted octanol–water partition coefficient (Wildman–Crippen LogP) is 3.56. The Kier molecular flexibility index (Phi) is 4.93. The monoisotopic (exact) mass is 276 g/mol. The Balaban J connectivity index is 1.99. The smallest absolute Gasteiger partial charge is 0.131 e. The summed E-state index contributed by atoms with van der Waals surface area (Å²) < 4.78 is 5.80. The third-order valence-corrected chi connectivity index (χ3v) is 4.12. The summed E-state index contributed by atoms with van der Waals surface area (Å²) in [5.41, 5.74) is 2.24. The first-order valence-corrected chi connectivity index (χ1v) is 7.44. The van der Waals surface area contributed by atoms with Crippen molar-refractivity contribution in [2.75, 3.05) is 7.05 Å². The van der Waals surface area contributed by atoms with Crippen molar-refractivity contribution in [3.8, 4) is 5.75 Å². The van der Waals surface area contributed by atoms with Crippen LogP contribution in [0.5, 0.6) is 5.75 Å². The molecular weight excluding hydrogens is 256 g/mol. The number of aromatic nitrogens is 1. The third-order valence-electron chi connectivity index (χ3n) is 3.08. The van der Waals surface area contributed by atoms with Gasteiger partial charge in [-0.1, -0.05) is 19.1 Å². The lowest BCUT2D eigenvalue weighted by molar-refractivity contribution is 0.301. The van der Waals surface area contributed by atoms with Crippen LogP contribution in [0.2, 0.25) is 0 Å². The summed E-state index contributed by atoms with van der Waals surface area (Å²) in [6, 6.07) is 8.52. The predicted molar refractivity (Wildman–Crippen MR) is 79.7 cm³/mol. The normalized spacial score (nSPS) is 12.4. The molecule has 0 saturated heterocycles. The molecule has 1 heterocycles. The highest BCUT2D eigenvalue weighted by atomic mass is 32.1. The molecule has 0 saturated carbocycles. The number of hydrogen-bond donors (Lipinski definition) is 1. The lowest BCUT2D eigenvalue weighted by atomic mass is 10.1. The fourth-order valence-corrected chi connectivity index (χ4v) is 2.50. The molecule has 1 atom stereocenters. The molecule has 0 aliphatic heterocycles. The van der Waals surface area contributed by atoms with E-state index in [2.05, 4.69) is 41.7 Å². The fourth-order valence-electron chi connectivity index (χ4n) is 1.78. The molecule has 0 fully saturated rings. The average Bonchev–Trinajstić information content (AvgIpc) is 2.92. The van der Waals surface area contributed by atoms with Gasteiger partial charge in [0, 0.05) is 11.4 Å². The lowest BCUT2D eigenvalue weighted by Crippen LogP contribution is -2.12. The molecule has 3 nitrogen and oxygen atoms in total. The van der Waals surface area contributed by atoms with E-state index < -0.39 is 0 Å². The summed E-state index contributed by atoms with van der Waals surface area (Å²) in [6.07, 6.45) is 0.986. The molecule has 1 aromatic carbocycles. The van der Waals surface area contributed by atoms with Crippen LogP contribution in [0, 0.1) is 0 Å². The number of nitrogens with zero attached hydrogens (tertiary/aromatic N) is 1. The van der Waals surface area contributed by atoms with Gasteiger partial charge >= 0.3 is 0 Å². The second-order valence-electron chi connectivity index (χ2n) is 4.46. The first-order valence-electron chi connectivity index (χ1n) is 6.56. The molecule has 4 heteroatoms. The van der Waals surface area contributed by atoms with Gasteiger partial charge in [-0.05, 0) is 38.1 Å². The van der Waals surface area contributed by atoms with Crippen molar-refractivity contribution in [1.29, 1.82) is 0 Å². The Morgan fingerprint density at radius 1 is 1.42 bits per heavy atom. The SMILES string of the molecule is CCc1nc(COc2cccc(C(C)NC)c2)cs1. The van der Waals surface area contributed by atoms with Gasteiger partial charge in [0.05, 0.1) is 10.7 Å². The maximum atomic E-state index is 5.80. The minimum absolute atomic E-state index is 0.328. The molecule has 0 aliphatic rings. The zero-order valence-corrected chi connectivity index (χ0v) is 12.5. The number of thiazole rings is 1. The van der Waals surface area contributed by atoms with Gasteiger partial charge in [0.2, 0.25) is 0 Å². The Morgan fingerprint density at radius 2 is 2.26 bits per heavy atom. The Hall–Kier alpha value is -1.39. The minimum atomic E-state index is 0.328. The largest absolute Gasteiger partial charge is 0.487 e. The molecule has 19 heavy (non-hydrogen) atoms. The van der Waals surface area contributed by atoms with Gasteiger partial charge in [0.25, 0.3) is 0 Å². The molecule has 0 bridgehead atoms. The van der Waals surface area contributed by atoms with Gasteiger partial charge in [-0.3, -0.25) is 0 Å². The van der Waals surface area contributed by atoms with Crippen LogP contribution < -0.4 is 10.1 Å². The highest BCUT2D eigenvalue weighted by Gasteiger charge is 2.05. The minimum Gasteiger partial charge on any atom is -0.487 e. The molecular formula is C15H20N2OS. The van der Waals surface area contributed by atoms with Crippen LogP contribution in [0.25, 0.3) is 0 Å². The fraction of sp³-hybridized carbons (Fsp3) is 0.400. The second-order valence-corrected chi connectivity index (χ2v) is 5.40. The van der Waals surface area contributed by atoms with Gasteiger partial charge < -0.3 is 10.1 Å². The lowest BCUT2D eigenvalue weighted by Gasteiger charge is -2.12. The molecule has 1 aromatic heterocycles. The number of benzene rings is 1. The highest BCUT2D eigenvalue weighted by Crippen LogP contribution is 2.20. The van der Waals surface area contributed by atoms with Crippen molar-refractivity contribution < 1.29 is 4.74 Å². The van der Waals surface area contributed by atoms with E-state index in [-0.39, 0.29) is 0 Å². The topological polar surface area (TPSA) is 34.1 Å². The second kappa shape index (κ2) is 6.68. The summed E-state index contributed by atoms with van der Waals surface area (Å²) in [5.74, 6) is 0.894. The van der Waals surface area contributed by atoms with Gasteiger partial charge in [-0.2, -0.15) is 0 Å². The standard InChI is InChI=1S/C15H20N2OS/c1-4-15-17-13(10-19-15)9-18-14-7-5-6-12(8-14)11(2)16-3/h5-8,10-11,16H,4,9H2,1-3H3. The van der Waals surface area contributed by atoms with E-state index in [9.17, 15) is 0 Å². The number of aryl methyl sites for hydroxylation is 1. The Bertz CT molecular complexity index is 524. The zero-order valence-electron chi connectivity index (χ0n) is 11.6. The quantitative estimate of drug-likeness (QED) is 0.876. The van der Waals surface area contributed by atoms with Crippen molar-refractivity contribution in [3.63, 3.8) is 0 Å². The van der Waals surface area contributed by atoms with E-state index in [1.807, 2.05) is 19.2 Å². The van der Waals surface area contributed by atoms with Gasteiger partial charge in [0.1, 0.15) is 12.4 Å². The van der Waals surface area contributed by atoms with E-state index >= 15 is 0 Å². The van der Waals surface area contributed by atoms with Crippen molar-refractivity contribution in [1.82, 2.24) is 10.3 Å². The van der Waals surface area contributed by atoms with E-state index in [1.54, 1.807) is 11.3 Å². The van der Waals surface area contributed by atoms with Crippen molar-refractivity contribution in [2.45, 2.75) is 32.9 Å². The molecule has 2 aromatic rings. The molecule has 1 unspecified atom stereocenters. The van der Waals surface area contributed by atoms with E-state index in [4.69, 9.17) is 4.74 Å². The highest BCUT2D eigenvalue weighted by molar-refractivity contribution is 7.09. The van der Waals surface area contributed by atoms with Crippen molar-refractivity contribution >= 4 is 11.3 Å². The number of nitrogens with one attached hydrogen (secondary N) is 1. The van der Waals surface area contributed by atoms with Crippen LogP contribution in [-0.2, 0) is 13.0 Å². The Labute approximate surface area is 118 Å². The average molecular weight is 276 g/mol. The molecule has 0 amide bonds. The van der Waals surface area contributed by atoms with Crippen LogP contribution in [0.4, 0.5) is 0 Å². The summed E-state index contributed by atoms with van der Waals surface area (Å²) in [7, 11) is 1.96. The first-order chi connectivity index (χ1) is 9.22. The maximum absolute atomic E-state index is 5.80. The van der Waals surface area contributed by atoms with Gasteiger partial charge in [0.15, 0.2) is 0 Å². The molecule has 0 radical (unpaired) electrons. The molecule has 2 rings (SSSR count). The molecule has 102 valence electrons. The number of hydrogen-bond acceptors (Lipinski definition) is 4. The van der Waals surface area contributed by atoms with Gasteiger partial charge in [-0.25, -0.2) is 4.98 Å². The number of rotatable bonds is 6. The molecule has 0 aliphatic carbocycles. The molecule has 0 spiro atoms. The van der Waals surface area contributed by atoms with E-state index in [0.29, 0.717) is 12.6 Å². The van der Waals surface area contributed by atoms with Crippen molar-refractivity contribution in [3.05, 3.63) is 45.9 Å². The van der Waals surface area contributed by atoms with Crippen molar-refractivity contribution in [2.24, 2.45) is 0 Å². The molecule has 1 N–H and O–H groups in total. The van der Waals surface area contributed by atoms with Crippen LogP contribution >= 0.6 is 11.3 Å². The summed E-state index contributed by atoms with van der Waals surface area (Å²) >= 11 is 1.70. The van der Waals surface area contributed by atoms with Crippen LogP contribution in [0.3, 0.4) is 0 Å². The first kappa shape index (κ1) is 14.0. The number of ether oxygens (including phenoxy) is 1. The van der Waals surface area contributed by atoms with Crippen LogP contribution in [-0.4, -0.2) is 12.0 Å². The van der Waals surface area contributed by atoms with E-state index in [0.717, 1.165) is 22.9 Å². The third kappa shape index (κ3) is 3.78. The Morgan fingerprint density at radius 3 is 2.95 bits per heavy atom. The van der Waals surface area contributed by atoms with Crippen LogP contribution in [0.15, 0.2) is 29.6 Å². The summed E-state index contributed by atoms with van der Waals surface area (Å²) in [5, 5.41) is 6.46.